The van der Waals surface area contributed by atoms with Gasteiger partial charge in [0, 0.05) is 44.9 Å². The van der Waals surface area contributed by atoms with Crippen LogP contribution in [0.3, 0.4) is 0 Å². The molecule has 4 rings (SSSR count). The van der Waals surface area contributed by atoms with Crippen molar-refractivity contribution in [1.82, 2.24) is 0 Å². The summed E-state index contributed by atoms with van der Waals surface area (Å²) in [7, 11) is 0. The third-order valence-electron chi connectivity index (χ3n) is 6.91. The highest BCUT2D eigenvalue weighted by Gasteiger charge is 2.16. The van der Waals surface area contributed by atoms with Gasteiger partial charge in [-0.2, -0.15) is 0 Å². The van der Waals surface area contributed by atoms with E-state index in [1.54, 1.807) is 42.5 Å². The Morgan fingerprint density at radius 2 is 1.62 bits per heavy atom. The van der Waals surface area contributed by atoms with Crippen LogP contribution in [0.15, 0.2) is 71.8 Å². The number of amides is 2. The highest BCUT2D eigenvalue weighted by atomic mass is 35.5. The number of nitrogens with zero attached hydrogens (tertiary/aromatic N) is 1. The highest BCUT2D eigenvalue weighted by molar-refractivity contribution is 8.00. The summed E-state index contributed by atoms with van der Waals surface area (Å²) in [4.78, 5) is 25.6. The fourth-order valence-corrected chi connectivity index (χ4v) is 5.69. The van der Waals surface area contributed by atoms with Gasteiger partial charge in [-0.25, -0.2) is 0 Å². The average Bonchev–Trinajstić information content (AvgIpc) is 3.32. The number of halogens is 3. The van der Waals surface area contributed by atoms with Gasteiger partial charge in [0.25, 0.3) is 11.8 Å². The first kappa shape index (κ1) is 38.5. The molecule has 0 spiro atoms. The molecule has 9 heteroatoms. The first-order valence-corrected chi connectivity index (χ1v) is 17.6. The molecule has 1 aliphatic rings. The van der Waals surface area contributed by atoms with E-state index in [4.69, 9.17) is 34.8 Å². The second kappa shape index (κ2) is 21.2. The molecule has 45 heavy (non-hydrogen) atoms. The minimum absolute atomic E-state index is 0.220. The van der Waals surface area contributed by atoms with E-state index in [2.05, 4.69) is 34.9 Å². The van der Waals surface area contributed by atoms with Gasteiger partial charge in [-0.3, -0.25) is 9.59 Å². The molecule has 1 aliphatic heterocycles. The Hall–Kier alpha value is -2.64. The van der Waals surface area contributed by atoms with Gasteiger partial charge in [0.15, 0.2) is 0 Å². The molecule has 3 aromatic carbocycles. The van der Waals surface area contributed by atoms with Crippen LogP contribution >= 0.6 is 46.8 Å². The van der Waals surface area contributed by atoms with Crippen LogP contribution in [0.5, 0.6) is 0 Å². The van der Waals surface area contributed by atoms with Gasteiger partial charge in [0.1, 0.15) is 0 Å². The zero-order valence-electron chi connectivity index (χ0n) is 27.0. The second-order valence-corrected chi connectivity index (χ2v) is 13.2. The van der Waals surface area contributed by atoms with Gasteiger partial charge in [-0.1, -0.05) is 92.9 Å². The minimum atomic E-state index is -0.342. The number of carbonyl (C=O) groups is 2. The molecule has 0 saturated carbocycles. The molecule has 0 radical (unpaired) electrons. The summed E-state index contributed by atoms with van der Waals surface area (Å²) in [6, 6.07) is 17.5. The number of anilines is 3. The number of allylic oxidation sites excluding steroid dienone is 2. The second-order valence-electron chi connectivity index (χ2n) is 10.7. The van der Waals surface area contributed by atoms with E-state index in [9.17, 15) is 9.59 Å². The van der Waals surface area contributed by atoms with Crippen LogP contribution in [0.25, 0.3) is 0 Å². The van der Waals surface area contributed by atoms with Crippen LogP contribution in [0.1, 0.15) is 98.9 Å². The van der Waals surface area contributed by atoms with Gasteiger partial charge in [-0.15, -0.1) is 0 Å². The lowest BCUT2D eigenvalue weighted by molar-refractivity contribution is 0.101. The molecule has 2 N–H and O–H groups in total. The SMILES string of the molecule is C/C=C(\C)Cl.CCCCCC.Cc1cc(N2CCCCCS2)ccc1C(=O)Nc1ccc(Cl)c(NC(=O)c2cccc(Cl)c2)c1. The topological polar surface area (TPSA) is 61.4 Å². The maximum absolute atomic E-state index is 13.0. The fraction of sp³-hybridized carbons (Fsp3) is 0.389. The summed E-state index contributed by atoms with van der Waals surface area (Å²) in [6.45, 7) is 11.2. The highest BCUT2D eigenvalue weighted by Crippen LogP contribution is 2.30. The summed E-state index contributed by atoms with van der Waals surface area (Å²) < 4.78 is 2.32. The van der Waals surface area contributed by atoms with Crippen LogP contribution in [0.2, 0.25) is 10.0 Å². The maximum atomic E-state index is 13.0. The van der Waals surface area contributed by atoms with E-state index < -0.39 is 0 Å². The Morgan fingerprint density at radius 3 is 2.24 bits per heavy atom. The molecule has 0 bridgehead atoms. The van der Waals surface area contributed by atoms with Crippen LogP contribution in [0, 0.1) is 6.92 Å². The Balaban J connectivity index is 0.000000551. The molecule has 0 unspecified atom stereocenters. The molecule has 3 aromatic rings. The van der Waals surface area contributed by atoms with E-state index in [1.807, 2.05) is 50.9 Å². The summed E-state index contributed by atoms with van der Waals surface area (Å²) in [5.41, 5.74) is 3.97. The van der Waals surface area contributed by atoms with E-state index in [1.165, 1.54) is 44.9 Å². The third kappa shape index (κ3) is 14.1. The smallest absolute Gasteiger partial charge is 0.255 e. The number of aryl methyl sites for hydroxylation is 1. The lowest BCUT2D eigenvalue weighted by atomic mass is 10.1. The zero-order chi connectivity index (χ0) is 33.2. The average molecular weight is 691 g/mol. The normalized spacial score (nSPS) is 13.0. The van der Waals surface area contributed by atoms with Crippen molar-refractivity contribution in [2.45, 2.75) is 79.6 Å². The number of carbonyl (C=O) groups excluding carboxylic acids is 2. The van der Waals surface area contributed by atoms with Crippen LogP contribution in [0.4, 0.5) is 17.1 Å². The minimum Gasteiger partial charge on any atom is -0.322 e. The third-order valence-corrected chi connectivity index (χ3v) is 8.87. The molecule has 0 aromatic heterocycles. The monoisotopic (exact) mass is 689 g/mol. The number of hydrogen-bond donors (Lipinski definition) is 2. The predicted octanol–water partition coefficient (Wildman–Crippen LogP) is 12.2. The number of nitrogens with one attached hydrogen (secondary N) is 2. The summed E-state index contributed by atoms with van der Waals surface area (Å²) >= 11 is 19.4. The lowest BCUT2D eigenvalue weighted by Crippen LogP contribution is -2.17. The Bertz CT molecular complexity index is 1400. The van der Waals surface area contributed by atoms with Crippen LogP contribution < -0.4 is 14.9 Å². The van der Waals surface area contributed by atoms with E-state index in [-0.39, 0.29) is 11.8 Å². The summed E-state index contributed by atoms with van der Waals surface area (Å²) in [5, 5.41) is 7.37. The summed E-state index contributed by atoms with van der Waals surface area (Å²) in [5.74, 6) is 0.557. The Labute approximate surface area is 289 Å². The molecule has 1 saturated heterocycles. The van der Waals surface area contributed by atoms with Gasteiger partial charge in [0.05, 0.1) is 10.7 Å². The molecule has 1 heterocycles. The number of rotatable bonds is 8. The van der Waals surface area contributed by atoms with Gasteiger partial charge < -0.3 is 14.9 Å². The molecular weight excluding hydrogens is 645 g/mol. The van der Waals surface area contributed by atoms with Crippen LogP contribution in [-0.2, 0) is 0 Å². The maximum Gasteiger partial charge on any atom is 0.255 e. The first-order chi connectivity index (χ1) is 21.6. The zero-order valence-corrected chi connectivity index (χ0v) is 30.1. The van der Waals surface area contributed by atoms with Crippen molar-refractivity contribution in [2.75, 3.05) is 27.2 Å². The number of hydrogen-bond acceptors (Lipinski definition) is 4. The summed E-state index contributed by atoms with van der Waals surface area (Å²) in [6.07, 6.45) is 11.1. The molecular formula is C36H46Cl3N3O2S. The van der Waals surface area contributed by atoms with E-state index in [0.29, 0.717) is 32.5 Å². The molecule has 0 aliphatic carbocycles. The molecule has 5 nitrogen and oxygen atoms in total. The molecule has 2 amide bonds. The molecule has 244 valence electrons. The van der Waals surface area contributed by atoms with Crippen molar-refractivity contribution < 1.29 is 9.59 Å². The Morgan fingerprint density at radius 1 is 0.911 bits per heavy atom. The van der Waals surface area contributed by atoms with E-state index >= 15 is 0 Å². The van der Waals surface area contributed by atoms with Gasteiger partial charge in [-0.05, 0) is 106 Å². The molecule has 1 fully saturated rings. The first-order valence-electron chi connectivity index (χ1n) is 15.6. The van der Waals surface area contributed by atoms with Crippen molar-refractivity contribution in [3.63, 3.8) is 0 Å². The van der Waals surface area contributed by atoms with Crippen molar-refractivity contribution in [2.24, 2.45) is 0 Å². The van der Waals surface area contributed by atoms with Crippen molar-refractivity contribution >= 4 is 75.6 Å². The molecule has 0 atom stereocenters. The van der Waals surface area contributed by atoms with Crippen molar-refractivity contribution in [1.29, 1.82) is 0 Å². The largest absolute Gasteiger partial charge is 0.322 e. The number of unbranched alkanes of at least 4 members (excludes halogenated alkanes) is 3. The lowest BCUT2D eigenvalue weighted by Gasteiger charge is -2.22. The van der Waals surface area contributed by atoms with Gasteiger partial charge >= 0.3 is 0 Å². The van der Waals surface area contributed by atoms with Crippen LogP contribution in [-0.4, -0.2) is 24.1 Å². The van der Waals surface area contributed by atoms with Crippen molar-refractivity contribution in [3.05, 3.63) is 98.5 Å². The fourth-order valence-electron chi connectivity index (χ4n) is 4.26. The van der Waals surface area contributed by atoms with Crippen molar-refractivity contribution in [3.8, 4) is 0 Å². The Kier molecular flexibility index (Phi) is 18.2. The quantitative estimate of drug-likeness (QED) is 0.182. The standard InChI is InChI=1S/C26H25Cl2N3O2S.C6H14.C4H7Cl/c1-17-14-21(31-12-3-2-4-13-34-31)9-10-22(17)26(33)29-20-8-11-23(28)24(16-20)30-25(32)18-6-5-7-19(27)15-18;1-3-5-6-4-2;1-3-4(2)5/h5-11,14-16H,2-4,12-13H2,1H3,(H,29,33)(H,30,32);3-6H2,1-2H3;3H,1-2H3/b;;4-3+. The number of benzene rings is 3. The van der Waals surface area contributed by atoms with Gasteiger partial charge in [0.2, 0.25) is 0 Å². The van der Waals surface area contributed by atoms with E-state index in [0.717, 1.165) is 28.6 Å². The predicted molar refractivity (Wildman–Crippen MR) is 199 cm³/mol.